The molecule has 38 heavy (non-hydrogen) atoms. The highest BCUT2D eigenvalue weighted by Crippen LogP contribution is 2.12. The molecule has 0 fully saturated rings. The van der Waals surface area contributed by atoms with Gasteiger partial charge in [-0.25, -0.2) is 0 Å². The quantitative estimate of drug-likeness (QED) is 0.160. The molecule has 1 amide bonds. The highest BCUT2D eigenvalue weighted by molar-refractivity contribution is 5.93. The number of pyridine rings is 2. The van der Waals surface area contributed by atoms with E-state index in [0.29, 0.717) is 19.6 Å². The van der Waals surface area contributed by atoms with Crippen LogP contribution in [0.5, 0.6) is 0 Å². The number of nitrogens with zero attached hydrogens (tertiary/aromatic N) is 5. The van der Waals surface area contributed by atoms with Gasteiger partial charge in [0.1, 0.15) is 24.4 Å². The van der Waals surface area contributed by atoms with Gasteiger partial charge in [-0.2, -0.15) is 0 Å². The Bertz CT molecular complexity index is 1060. The fraction of sp³-hybridized carbons (Fsp3) is 0.407. The third kappa shape index (κ3) is 9.86. The number of allylic oxidation sites excluding steroid dienone is 2. The Balaban J connectivity index is 2.06. The lowest BCUT2D eigenvalue weighted by Gasteiger charge is -2.28. The van der Waals surface area contributed by atoms with E-state index in [2.05, 4.69) is 26.4 Å². The van der Waals surface area contributed by atoms with E-state index in [-0.39, 0.29) is 12.1 Å². The van der Waals surface area contributed by atoms with Crippen LogP contribution < -0.4 is 0 Å². The Morgan fingerprint density at radius 1 is 1.05 bits per heavy atom. The largest absolute Gasteiger partial charge is 0.394 e. The Morgan fingerprint density at radius 3 is 2.32 bits per heavy atom. The molecular formula is C27H37N5O6. The van der Waals surface area contributed by atoms with E-state index >= 15 is 0 Å². The molecule has 0 aliphatic rings. The first-order valence-corrected chi connectivity index (χ1v) is 12.1. The maximum absolute atomic E-state index is 12.8. The lowest BCUT2D eigenvalue weighted by molar-refractivity contribution is -0.117. The van der Waals surface area contributed by atoms with Gasteiger partial charge in [0.05, 0.1) is 23.6 Å². The summed E-state index contributed by atoms with van der Waals surface area (Å²) in [6.07, 6.45) is 1.59. The Hall–Kier alpha value is -3.32. The summed E-state index contributed by atoms with van der Waals surface area (Å²) >= 11 is 0. The predicted octanol–water partition coefficient (Wildman–Crippen LogP) is 0.147. The van der Waals surface area contributed by atoms with E-state index in [4.69, 9.17) is 5.11 Å². The average Bonchev–Trinajstić information content (AvgIpc) is 2.92. The van der Waals surface area contributed by atoms with Gasteiger partial charge in [0.2, 0.25) is 0 Å². The number of aliphatic imine (C=N–C) groups is 1. The summed E-state index contributed by atoms with van der Waals surface area (Å²) in [5.74, 6) is -0.449. The van der Waals surface area contributed by atoms with E-state index in [1.54, 1.807) is 36.7 Å². The minimum atomic E-state index is -1.76. The third-order valence-electron chi connectivity index (χ3n) is 5.67. The molecule has 206 valence electrons. The van der Waals surface area contributed by atoms with Gasteiger partial charge >= 0.3 is 0 Å². The van der Waals surface area contributed by atoms with Crippen molar-refractivity contribution in [2.75, 3.05) is 26.7 Å². The van der Waals surface area contributed by atoms with Crippen LogP contribution in [0.25, 0.3) is 0 Å². The summed E-state index contributed by atoms with van der Waals surface area (Å²) in [6.45, 7) is 6.09. The van der Waals surface area contributed by atoms with Gasteiger partial charge in [0.15, 0.2) is 0 Å². The second-order valence-corrected chi connectivity index (χ2v) is 8.93. The molecule has 2 heterocycles. The van der Waals surface area contributed by atoms with Crippen molar-refractivity contribution in [1.82, 2.24) is 19.8 Å². The monoisotopic (exact) mass is 527 g/mol. The first-order valence-electron chi connectivity index (χ1n) is 12.1. The molecular weight excluding hydrogens is 490 g/mol. The van der Waals surface area contributed by atoms with Gasteiger partial charge in [0.25, 0.3) is 5.91 Å². The molecule has 0 saturated heterocycles. The summed E-state index contributed by atoms with van der Waals surface area (Å²) in [4.78, 5) is 29.3. The van der Waals surface area contributed by atoms with Crippen molar-refractivity contribution in [2.45, 2.75) is 44.4 Å². The van der Waals surface area contributed by atoms with Crippen molar-refractivity contribution in [3.63, 3.8) is 0 Å². The van der Waals surface area contributed by atoms with E-state index in [1.807, 2.05) is 25.1 Å². The summed E-state index contributed by atoms with van der Waals surface area (Å²) in [7, 11) is 1.43. The molecule has 2 rings (SSSR count). The van der Waals surface area contributed by atoms with E-state index in [0.717, 1.165) is 17.1 Å². The van der Waals surface area contributed by atoms with Gasteiger partial charge in [0, 0.05) is 57.5 Å². The number of hydrogen-bond acceptors (Lipinski definition) is 10. The minimum absolute atomic E-state index is 0.275. The number of amides is 1. The molecule has 0 aromatic carbocycles. The zero-order chi connectivity index (χ0) is 28.1. The number of carbonyl (C=O) groups is 1. The van der Waals surface area contributed by atoms with Crippen LogP contribution in [0.3, 0.4) is 0 Å². The maximum atomic E-state index is 12.8. The zero-order valence-corrected chi connectivity index (χ0v) is 21.7. The van der Waals surface area contributed by atoms with Gasteiger partial charge in [-0.3, -0.25) is 24.7 Å². The van der Waals surface area contributed by atoms with Crippen molar-refractivity contribution < 1.29 is 30.3 Å². The molecule has 0 aliphatic carbocycles. The van der Waals surface area contributed by atoms with Crippen molar-refractivity contribution in [3.8, 4) is 0 Å². The SMILES string of the molecule is C=C/C=C\N=C(/C)CN(Cc1ccccn1)Cc1ccc(C(=O)N(C)C[C@H](O)[C@@H](O)[C@H](O)[C@H](O)CO)cn1. The zero-order valence-electron chi connectivity index (χ0n) is 21.7. The first-order chi connectivity index (χ1) is 18.2. The molecule has 0 unspecified atom stereocenters. The summed E-state index contributed by atoms with van der Waals surface area (Å²) in [5, 5.41) is 48.3. The highest BCUT2D eigenvalue weighted by atomic mass is 16.4. The summed E-state index contributed by atoms with van der Waals surface area (Å²) in [5.41, 5.74) is 2.79. The molecule has 0 radical (unpaired) electrons. The lowest BCUT2D eigenvalue weighted by atomic mass is 10.0. The van der Waals surface area contributed by atoms with Gasteiger partial charge in [-0.15, -0.1) is 0 Å². The Kier molecular flexibility index (Phi) is 12.9. The Morgan fingerprint density at radius 2 is 1.74 bits per heavy atom. The number of aliphatic hydroxyl groups is 5. The van der Waals surface area contributed by atoms with Gasteiger partial charge in [-0.05, 0) is 37.3 Å². The molecule has 0 spiro atoms. The molecule has 11 heteroatoms. The summed E-state index contributed by atoms with van der Waals surface area (Å²) < 4.78 is 0. The van der Waals surface area contributed by atoms with Crippen molar-refractivity contribution in [2.24, 2.45) is 4.99 Å². The van der Waals surface area contributed by atoms with E-state index in [1.165, 1.54) is 18.1 Å². The second-order valence-electron chi connectivity index (χ2n) is 8.93. The maximum Gasteiger partial charge on any atom is 0.255 e. The molecule has 4 atom stereocenters. The fourth-order valence-electron chi connectivity index (χ4n) is 3.61. The number of carbonyl (C=O) groups excluding carboxylic acids is 1. The van der Waals surface area contributed by atoms with Crippen LogP contribution in [0.1, 0.15) is 28.7 Å². The predicted molar refractivity (Wildman–Crippen MR) is 143 cm³/mol. The summed E-state index contributed by atoms with van der Waals surface area (Å²) in [6, 6.07) is 9.09. The van der Waals surface area contributed by atoms with Crippen molar-refractivity contribution >= 4 is 11.6 Å². The second kappa shape index (κ2) is 15.8. The van der Waals surface area contributed by atoms with Crippen LogP contribution in [0, 0.1) is 0 Å². The van der Waals surface area contributed by atoms with Crippen LogP contribution in [0.15, 0.2) is 72.6 Å². The number of aliphatic hydroxyl groups excluding tert-OH is 5. The topological polar surface area (TPSA) is 163 Å². The van der Waals surface area contributed by atoms with Crippen LogP contribution in [0.2, 0.25) is 0 Å². The molecule has 2 aromatic heterocycles. The molecule has 0 saturated carbocycles. The molecule has 11 nitrogen and oxygen atoms in total. The van der Waals surface area contributed by atoms with Crippen LogP contribution in [-0.2, 0) is 13.1 Å². The van der Waals surface area contributed by atoms with Crippen LogP contribution in [0.4, 0.5) is 0 Å². The number of likely N-dealkylation sites (N-methyl/N-ethyl adjacent to an activating group) is 1. The smallest absolute Gasteiger partial charge is 0.255 e. The lowest BCUT2D eigenvalue weighted by Crippen LogP contribution is -2.50. The Labute approximate surface area is 222 Å². The van der Waals surface area contributed by atoms with Crippen molar-refractivity contribution in [1.29, 1.82) is 0 Å². The average molecular weight is 528 g/mol. The first kappa shape index (κ1) is 30.9. The standard InChI is InChI=1S/C27H37N5O6/c1-4-5-11-28-19(2)14-32(15-21-8-6-7-12-29-21)16-22-10-9-20(13-30-22)27(38)31(3)17-23(34)25(36)26(37)24(35)18-33/h4-13,23-26,33-37H,1,14-18H2,2-3H3/b11-5-,28-19+/t23-,24+,25+,26+/m0/s1. The van der Waals surface area contributed by atoms with Crippen molar-refractivity contribution in [3.05, 3.63) is 84.6 Å². The molecule has 2 aromatic rings. The molecule has 0 bridgehead atoms. The normalized spacial score (nSPS) is 15.3. The number of rotatable bonds is 15. The molecule has 5 N–H and O–H groups in total. The highest BCUT2D eigenvalue weighted by Gasteiger charge is 2.31. The van der Waals surface area contributed by atoms with E-state index < -0.39 is 36.9 Å². The minimum Gasteiger partial charge on any atom is -0.394 e. The van der Waals surface area contributed by atoms with Crippen LogP contribution >= 0.6 is 0 Å². The number of aromatic nitrogens is 2. The molecule has 0 aliphatic heterocycles. The van der Waals surface area contributed by atoms with Gasteiger partial charge < -0.3 is 30.4 Å². The van der Waals surface area contributed by atoms with E-state index in [9.17, 15) is 25.2 Å². The fourth-order valence-corrected chi connectivity index (χ4v) is 3.61. The third-order valence-corrected chi connectivity index (χ3v) is 5.67. The number of hydrogen-bond donors (Lipinski definition) is 5. The van der Waals surface area contributed by atoms with Gasteiger partial charge in [-0.1, -0.05) is 18.7 Å². The van der Waals surface area contributed by atoms with Crippen LogP contribution in [-0.4, -0.2) is 108 Å².